The second kappa shape index (κ2) is 13.8. The van der Waals surface area contributed by atoms with Crippen LogP contribution in [-0.4, -0.2) is 158 Å². The monoisotopic (exact) mass is 582 g/mol. The van der Waals surface area contributed by atoms with Crippen LogP contribution < -0.4 is 22.9 Å². The molecule has 0 unspecified atom stereocenters. The SMILES string of the molecule is NC[C@H]1O[C@H](O[C@H]2[C@H](O)[C@@H](O[C@H]3O[C@H](CO)[C@@H](O)[C@H](N)[C@H]3O)[C@H](N)C[C@@H]2N)[C@H](O)[C@@H](O)[C@@H]1O.O=S(=O)(O)O. The fraction of sp³-hybridized carbons (Fsp3) is 1.00. The van der Waals surface area contributed by atoms with Crippen molar-refractivity contribution in [2.45, 2.75) is 98.2 Å². The normalized spacial score (nSPS) is 48.2. The molecule has 3 rings (SSSR count). The lowest BCUT2D eigenvalue weighted by Gasteiger charge is -2.48. The van der Waals surface area contributed by atoms with Gasteiger partial charge in [-0.2, -0.15) is 8.42 Å². The van der Waals surface area contributed by atoms with E-state index >= 15 is 0 Å². The standard InChI is InChI=1S/C18H36N4O11.H2O4S/c19-2-6-10(25)12(27)13(28)18(30-6)33-16-5(21)1-4(20)15(14(16)29)32-17-11(26)8(22)9(24)7(3-23)31-17;1-5(2,3)4/h4-18,23-29H,1-3,19-22H2;(H2,1,2,3,4)/t4-,5+,6-,7-,8+,9-,10-,11-,12+,13-,14-,15+,16-,17-,18-;/m1./s1. The molecule has 3 aliphatic rings. The van der Waals surface area contributed by atoms with Gasteiger partial charge in [-0.05, 0) is 6.42 Å². The second-order valence-electron chi connectivity index (χ2n) is 9.24. The summed E-state index contributed by atoms with van der Waals surface area (Å²) >= 11 is 0. The maximum absolute atomic E-state index is 10.9. The number of aliphatic hydroxyl groups is 7. The molecular weight excluding hydrogens is 544 g/mol. The highest BCUT2D eigenvalue weighted by Crippen LogP contribution is 2.31. The highest BCUT2D eigenvalue weighted by molar-refractivity contribution is 7.79. The third kappa shape index (κ3) is 8.15. The Hall–Kier alpha value is -0.730. The van der Waals surface area contributed by atoms with Gasteiger partial charge in [-0.1, -0.05) is 0 Å². The molecule has 226 valence electrons. The number of ether oxygens (including phenoxy) is 4. The minimum atomic E-state index is -4.67. The van der Waals surface area contributed by atoms with Crippen molar-refractivity contribution in [1.29, 1.82) is 0 Å². The van der Waals surface area contributed by atoms with Gasteiger partial charge in [0.25, 0.3) is 0 Å². The highest BCUT2D eigenvalue weighted by Gasteiger charge is 2.51. The van der Waals surface area contributed by atoms with Crippen LogP contribution in [0.3, 0.4) is 0 Å². The fourth-order valence-electron chi connectivity index (χ4n) is 4.40. The summed E-state index contributed by atoms with van der Waals surface area (Å²) in [5.74, 6) is 0. The molecule has 2 heterocycles. The summed E-state index contributed by atoms with van der Waals surface area (Å²) in [6.45, 7) is -0.763. The average molecular weight is 583 g/mol. The van der Waals surface area contributed by atoms with E-state index in [2.05, 4.69) is 0 Å². The van der Waals surface area contributed by atoms with Crippen molar-refractivity contribution >= 4 is 10.4 Å². The Kier molecular flexibility index (Phi) is 12.1. The lowest BCUT2D eigenvalue weighted by molar-refractivity contribution is -0.332. The maximum Gasteiger partial charge on any atom is 0.394 e. The number of rotatable bonds is 6. The van der Waals surface area contributed by atoms with Crippen LogP contribution in [0.25, 0.3) is 0 Å². The molecule has 3 fully saturated rings. The van der Waals surface area contributed by atoms with Gasteiger partial charge < -0.3 is 77.6 Å². The van der Waals surface area contributed by atoms with Gasteiger partial charge in [0.15, 0.2) is 12.6 Å². The first-order valence-corrected chi connectivity index (χ1v) is 12.9. The molecule has 0 aromatic carbocycles. The third-order valence-corrected chi connectivity index (χ3v) is 6.48. The van der Waals surface area contributed by atoms with Gasteiger partial charge in [-0.3, -0.25) is 9.11 Å². The molecule has 0 bridgehead atoms. The molecule has 0 radical (unpaired) electrons. The van der Waals surface area contributed by atoms with Gasteiger partial charge in [0.2, 0.25) is 0 Å². The lowest BCUT2D eigenvalue weighted by atomic mass is 9.84. The molecule has 17 N–H and O–H groups in total. The fourth-order valence-corrected chi connectivity index (χ4v) is 4.40. The molecule has 15 atom stereocenters. The number of hydrogen-bond donors (Lipinski definition) is 13. The third-order valence-electron chi connectivity index (χ3n) is 6.48. The van der Waals surface area contributed by atoms with Gasteiger partial charge in [0.05, 0.1) is 12.6 Å². The van der Waals surface area contributed by atoms with Gasteiger partial charge in [-0.15, -0.1) is 0 Å². The molecule has 2 saturated heterocycles. The van der Waals surface area contributed by atoms with Crippen molar-refractivity contribution < 1.29 is 72.2 Å². The van der Waals surface area contributed by atoms with E-state index in [-0.39, 0.29) is 13.0 Å². The summed E-state index contributed by atoms with van der Waals surface area (Å²) in [6, 6.07) is -2.86. The minimum absolute atomic E-state index is 0.0849. The molecule has 20 heteroatoms. The molecule has 38 heavy (non-hydrogen) atoms. The summed E-state index contributed by atoms with van der Waals surface area (Å²) in [4.78, 5) is 0. The highest BCUT2D eigenvalue weighted by atomic mass is 32.3. The van der Waals surface area contributed by atoms with Crippen molar-refractivity contribution in [3.63, 3.8) is 0 Å². The Morgan fingerprint density at radius 2 is 1.16 bits per heavy atom. The van der Waals surface area contributed by atoms with E-state index in [1.807, 2.05) is 0 Å². The Morgan fingerprint density at radius 3 is 1.61 bits per heavy atom. The summed E-state index contributed by atoms with van der Waals surface area (Å²) in [5.41, 5.74) is 23.5. The zero-order valence-electron chi connectivity index (χ0n) is 20.0. The molecule has 0 amide bonds. The average Bonchev–Trinajstić information content (AvgIpc) is 2.83. The number of aliphatic hydroxyl groups excluding tert-OH is 7. The van der Waals surface area contributed by atoms with Gasteiger partial charge in [-0.25, -0.2) is 0 Å². The van der Waals surface area contributed by atoms with Crippen LogP contribution in [0.4, 0.5) is 0 Å². The molecule has 0 aromatic heterocycles. The van der Waals surface area contributed by atoms with Gasteiger partial charge >= 0.3 is 10.4 Å². The lowest BCUT2D eigenvalue weighted by Crippen LogP contribution is -2.68. The van der Waals surface area contributed by atoms with Crippen molar-refractivity contribution in [2.24, 2.45) is 22.9 Å². The van der Waals surface area contributed by atoms with E-state index in [1.165, 1.54) is 0 Å². The van der Waals surface area contributed by atoms with Crippen molar-refractivity contribution in [3.8, 4) is 0 Å². The number of hydrogen-bond acceptors (Lipinski definition) is 17. The second-order valence-corrected chi connectivity index (χ2v) is 10.1. The predicted molar refractivity (Wildman–Crippen MR) is 122 cm³/mol. The van der Waals surface area contributed by atoms with Crippen molar-refractivity contribution in [1.82, 2.24) is 0 Å². The molecule has 0 aromatic rings. The quantitative estimate of drug-likeness (QED) is 0.129. The van der Waals surface area contributed by atoms with E-state index in [1.54, 1.807) is 0 Å². The van der Waals surface area contributed by atoms with E-state index in [0.717, 1.165) is 0 Å². The van der Waals surface area contributed by atoms with Crippen LogP contribution >= 0.6 is 0 Å². The van der Waals surface area contributed by atoms with Gasteiger partial charge in [0, 0.05) is 18.6 Å². The predicted octanol–water partition coefficient (Wildman–Crippen LogP) is -7.94. The van der Waals surface area contributed by atoms with Crippen molar-refractivity contribution in [2.75, 3.05) is 13.2 Å². The van der Waals surface area contributed by atoms with Crippen molar-refractivity contribution in [3.05, 3.63) is 0 Å². The van der Waals surface area contributed by atoms with Gasteiger partial charge in [0.1, 0.15) is 61.0 Å². The first-order valence-electron chi connectivity index (χ1n) is 11.5. The molecule has 19 nitrogen and oxygen atoms in total. The zero-order chi connectivity index (χ0) is 29.1. The Labute approximate surface area is 217 Å². The van der Waals surface area contributed by atoms with Crippen LogP contribution in [0, 0.1) is 0 Å². The van der Waals surface area contributed by atoms with E-state index in [4.69, 9.17) is 59.4 Å². The molecule has 1 aliphatic carbocycles. The topological polar surface area (TPSA) is 357 Å². The summed E-state index contributed by atoms with van der Waals surface area (Å²) in [7, 11) is -4.67. The van der Waals surface area contributed by atoms with Crippen LogP contribution in [0.15, 0.2) is 0 Å². The summed E-state index contributed by atoms with van der Waals surface area (Å²) in [6.07, 6.45) is -16.5. The molecular formula is C18H38N4O15S. The zero-order valence-corrected chi connectivity index (χ0v) is 20.8. The Bertz CT molecular complexity index is 783. The van der Waals surface area contributed by atoms with Crippen LogP contribution in [-0.2, 0) is 29.3 Å². The molecule has 1 saturated carbocycles. The molecule has 2 aliphatic heterocycles. The minimum Gasteiger partial charge on any atom is -0.394 e. The summed E-state index contributed by atoms with van der Waals surface area (Å²) < 4.78 is 53.8. The van der Waals surface area contributed by atoms with Crippen LogP contribution in [0.1, 0.15) is 6.42 Å². The van der Waals surface area contributed by atoms with E-state index in [9.17, 15) is 35.7 Å². The Morgan fingerprint density at radius 1 is 0.711 bits per heavy atom. The Balaban J connectivity index is 0.000000926. The first kappa shape index (κ1) is 33.5. The number of nitrogens with two attached hydrogens (primary N) is 4. The summed E-state index contributed by atoms with van der Waals surface area (Å²) in [5, 5.41) is 70.9. The van der Waals surface area contributed by atoms with E-state index < -0.39 is 109 Å². The maximum atomic E-state index is 10.9. The molecule has 0 spiro atoms. The first-order chi connectivity index (χ1) is 17.5. The largest absolute Gasteiger partial charge is 0.394 e. The smallest absolute Gasteiger partial charge is 0.394 e. The van der Waals surface area contributed by atoms with E-state index in [0.29, 0.717) is 0 Å². The van der Waals surface area contributed by atoms with Crippen LogP contribution in [0.2, 0.25) is 0 Å². The van der Waals surface area contributed by atoms with Crippen LogP contribution in [0.5, 0.6) is 0 Å².